The number of nitrogens with zero attached hydrogens (tertiary/aromatic N) is 6. The quantitative estimate of drug-likeness (QED) is 0.253. The van der Waals surface area contributed by atoms with Crippen molar-refractivity contribution in [3.8, 4) is 11.3 Å². The van der Waals surface area contributed by atoms with Crippen LogP contribution >= 0.6 is 11.3 Å². The van der Waals surface area contributed by atoms with E-state index in [9.17, 15) is 27.5 Å². The molecule has 0 saturated carbocycles. The second kappa shape index (κ2) is 14.5. The Balaban J connectivity index is 0.00000442. The molecule has 15 heteroatoms. The van der Waals surface area contributed by atoms with Crippen LogP contribution in [0.25, 0.3) is 11.3 Å². The fraction of sp³-hybridized carbons (Fsp3) is 0.517. The third-order valence-corrected chi connectivity index (χ3v) is 9.21. The molecule has 0 aliphatic carbocycles. The molecule has 2 aromatic heterocycles. The van der Waals surface area contributed by atoms with Crippen LogP contribution in [0.1, 0.15) is 54.3 Å². The zero-order valence-corrected chi connectivity index (χ0v) is 27.6. The molecule has 2 aliphatic heterocycles. The van der Waals surface area contributed by atoms with Crippen LogP contribution in [0, 0.1) is 11.6 Å². The van der Waals surface area contributed by atoms with Crippen LogP contribution in [-0.2, 0) is 23.9 Å². The van der Waals surface area contributed by atoms with Gasteiger partial charge in [0, 0.05) is 74.2 Å². The van der Waals surface area contributed by atoms with Crippen LogP contribution < -0.4 is 39.6 Å². The van der Waals surface area contributed by atoms with E-state index in [1.54, 1.807) is 4.90 Å². The van der Waals surface area contributed by atoms with Crippen molar-refractivity contribution in [1.82, 2.24) is 24.8 Å². The van der Waals surface area contributed by atoms with E-state index in [0.29, 0.717) is 55.2 Å². The predicted molar refractivity (Wildman–Crippen MR) is 149 cm³/mol. The molecule has 232 valence electrons. The van der Waals surface area contributed by atoms with Gasteiger partial charge in [-0.05, 0) is 51.3 Å². The van der Waals surface area contributed by atoms with E-state index in [1.165, 1.54) is 17.7 Å². The number of carboxylic acid groups (broad SMARTS) is 1. The molecule has 2 aliphatic rings. The van der Waals surface area contributed by atoms with Gasteiger partial charge in [-0.25, -0.2) is 23.7 Å². The summed E-state index contributed by atoms with van der Waals surface area (Å²) in [5.41, 5.74) is -0.741. The van der Waals surface area contributed by atoms with Gasteiger partial charge in [0.05, 0.1) is 22.0 Å². The monoisotopic (exact) mass is 646 g/mol. The molecular formula is C29H32F5N6NaO2S. The summed E-state index contributed by atoms with van der Waals surface area (Å²) in [4.78, 5) is 30.3. The molecule has 0 N–H and O–H groups in total. The summed E-state index contributed by atoms with van der Waals surface area (Å²) in [6, 6.07) is 2.93. The molecule has 3 aromatic rings. The third kappa shape index (κ3) is 8.13. The Bertz CT molecular complexity index is 1460. The van der Waals surface area contributed by atoms with Crippen molar-refractivity contribution >= 4 is 23.1 Å². The van der Waals surface area contributed by atoms with Crippen LogP contribution in [0.2, 0.25) is 0 Å². The molecule has 44 heavy (non-hydrogen) atoms. The number of carbonyl (C=O) groups excluding carboxylic acids is 1. The Morgan fingerprint density at radius 3 is 2.36 bits per heavy atom. The Kier molecular flexibility index (Phi) is 11.4. The maximum absolute atomic E-state index is 15.7. The summed E-state index contributed by atoms with van der Waals surface area (Å²) in [6.07, 6.45) is -1.58. The summed E-state index contributed by atoms with van der Waals surface area (Å²) in [5, 5.41) is 11.2. The molecule has 0 radical (unpaired) electrons. The van der Waals surface area contributed by atoms with Crippen molar-refractivity contribution in [1.29, 1.82) is 0 Å². The number of piperazine rings is 1. The number of thiazole rings is 1. The van der Waals surface area contributed by atoms with Crippen LogP contribution in [0.3, 0.4) is 0 Å². The van der Waals surface area contributed by atoms with Gasteiger partial charge in [-0.1, -0.05) is 0 Å². The number of carboxylic acids is 1. The zero-order chi connectivity index (χ0) is 30.9. The van der Waals surface area contributed by atoms with Crippen LogP contribution in [0.5, 0.6) is 0 Å². The average Bonchev–Trinajstić information content (AvgIpc) is 3.50. The first-order chi connectivity index (χ1) is 20.4. The topological polar surface area (TPSA) is 88.5 Å². The molecule has 8 nitrogen and oxygen atoms in total. The van der Waals surface area contributed by atoms with Crippen molar-refractivity contribution < 1.29 is 61.4 Å². The van der Waals surface area contributed by atoms with Crippen molar-refractivity contribution in [2.45, 2.75) is 64.3 Å². The summed E-state index contributed by atoms with van der Waals surface area (Å²) >= 11 is 1.26. The third-order valence-electron chi connectivity index (χ3n) is 8.17. The Hall–Kier alpha value is -2.23. The first kappa shape index (κ1) is 34.6. The molecule has 4 heterocycles. The zero-order valence-electron chi connectivity index (χ0n) is 24.8. The minimum Gasteiger partial charge on any atom is -0.550 e. The van der Waals surface area contributed by atoms with Gasteiger partial charge in [0.2, 0.25) is 0 Å². The van der Waals surface area contributed by atoms with Crippen LogP contribution in [0.4, 0.5) is 27.8 Å². The fourth-order valence-electron chi connectivity index (χ4n) is 5.74. The number of aliphatic carboxylic acids is 1. The van der Waals surface area contributed by atoms with Crippen molar-refractivity contribution in [2.75, 3.05) is 37.6 Å². The first-order valence-corrected chi connectivity index (χ1v) is 15.0. The minimum atomic E-state index is -4.73. The van der Waals surface area contributed by atoms with Gasteiger partial charge in [-0.15, -0.1) is 11.3 Å². The number of benzene rings is 1. The Morgan fingerprint density at radius 1 is 1.05 bits per heavy atom. The van der Waals surface area contributed by atoms with Gasteiger partial charge in [-0.3, -0.25) is 9.80 Å². The summed E-state index contributed by atoms with van der Waals surface area (Å²) in [7, 11) is 0. The standard InChI is InChI=1S/C29H33F5N6O2S.Na/c1-17-3-4-18(2)40(17)15-23-27(19-11-20(29(32,33)34)13-21(30)12-19)37-24(43-23)14-22-26(31)28(36-16-35-22)39-9-7-38(8-10-39)6-5-25(41)42;/h11-13,16-18H,3-10,14-15H2,1-2H3,(H,41,42);/q;+1/p-1/t17-,18-;/m1./s1. The van der Waals surface area contributed by atoms with E-state index >= 15 is 4.39 Å². The molecule has 0 amide bonds. The smallest absolute Gasteiger partial charge is 0.550 e. The molecule has 2 atom stereocenters. The van der Waals surface area contributed by atoms with E-state index in [-0.39, 0.29) is 77.3 Å². The van der Waals surface area contributed by atoms with E-state index in [4.69, 9.17) is 0 Å². The predicted octanol–water partition coefficient (Wildman–Crippen LogP) is 1.13. The molecule has 0 spiro atoms. The van der Waals surface area contributed by atoms with E-state index in [0.717, 1.165) is 25.0 Å². The first-order valence-electron chi connectivity index (χ1n) is 14.2. The SMILES string of the molecule is C[C@@H]1CC[C@@H](C)N1Cc1sc(Cc2ncnc(N3CCN(CCC(=O)[O-])CC3)c2F)nc1-c1cc(F)cc(C(F)(F)F)c1.[Na+]. The second-order valence-corrected chi connectivity index (χ2v) is 12.3. The maximum atomic E-state index is 15.7. The van der Waals surface area contributed by atoms with E-state index in [2.05, 4.69) is 33.7 Å². The van der Waals surface area contributed by atoms with Crippen molar-refractivity contribution in [3.63, 3.8) is 0 Å². The Morgan fingerprint density at radius 2 is 1.73 bits per heavy atom. The molecule has 2 fully saturated rings. The normalized spacial score (nSPS) is 19.8. The number of anilines is 1. The van der Waals surface area contributed by atoms with Gasteiger partial charge in [0.1, 0.15) is 12.1 Å². The molecule has 2 saturated heterocycles. The number of hydrogen-bond acceptors (Lipinski definition) is 9. The van der Waals surface area contributed by atoms with Gasteiger partial charge in [0.15, 0.2) is 11.6 Å². The average molecular weight is 647 g/mol. The maximum Gasteiger partial charge on any atom is 1.00 e. The van der Waals surface area contributed by atoms with E-state index < -0.39 is 29.3 Å². The molecular weight excluding hydrogens is 614 g/mol. The largest absolute Gasteiger partial charge is 1.00 e. The van der Waals surface area contributed by atoms with Gasteiger partial charge in [0.25, 0.3) is 0 Å². The Labute approximate surface area is 278 Å². The van der Waals surface area contributed by atoms with Crippen molar-refractivity contribution in [2.24, 2.45) is 0 Å². The number of likely N-dealkylation sites (tertiary alicyclic amines) is 1. The number of aromatic nitrogens is 3. The molecule has 5 rings (SSSR count). The molecule has 0 bridgehead atoms. The molecule has 0 unspecified atom stereocenters. The number of carbonyl (C=O) groups is 1. The summed E-state index contributed by atoms with van der Waals surface area (Å²) < 4.78 is 70.7. The number of halogens is 5. The van der Waals surface area contributed by atoms with Crippen LogP contribution in [-0.4, -0.2) is 75.5 Å². The van der Waals surface area contributed by atoms with Gasteiger partial charge < -0.3 is 14.8 Å². The van der Waals surface area contributed by atoms with Gasteiger partial charge >= 0.3 is 35.7 Å². The van der Waals surface area contributed by atoms with Crippen molar-refractivity contribution in [3.05, 3.63) is 57.3 Å². The second-order valence-electron chi connectivity index (χ2n) is 11.1. The number of rotatable bonds is 9. The van der Waals surface area contributed by atoms with E-state index in [1.807, 2.05) is 4.90 Å². The fourth-order valence-corrected chi connectivity index (χ4v) is 6.84. The molecule has 1 aromatic carbocycles. The van der Waals surface area contributed by atoms with Crippen LogP contribution in [0.15, 0.2) is 24.5 Å². The summed E-state index contributed by atoms with van der Waals surface area (Å²) in [5.74, 6) is -2.62. The minimum absolute atomic E-state index is 0. The summed E-state index contributed by atoms with van der Waals surface area (Å²) in [6.45, 7) is 6.92. The number of hydrogen-bond donors (Lipinski definition) is 0. The van der Waals surface area contributed by atoms with Gasteiger partial charge in [-0.2, -0.15) is 13.2 Å². The number of alkyl halides is 3.